The topological polar surface area (TPSA) is 102 Å². The fourth-order valence-electron chi connectivity index (χ4n) is 1.91. The Labute approximate surface area is 154 Å². The average Bonchev–Trinajstić information content (AvgIpc) is 2.60. The van der Waals surface area contributed by atoms with Gasteiger partial charge in [-0.15, -0.1) is 0 Å². The van der Waals surface area contributed by atoms with E-state index < -0.39 is 10.8 Å². The highest BCUT2D eigenvalue weighted by Crippen LogP contribution is 2.25. The number of carbonyl (C=O) groups excluding carboxylic acids is 2. The first-order chi connectivity index (χ1) is 12.3. The summed E-state index contributed by atoms with van der Waals surface area (Å²) in [5.74, 6) is -0.215. The lowest BCUT2D eigenvalue weighted by Crippen LogP contribution is -2.27. The third kappa shape index (κ3) is 4.93. The van der Waals surface area contributed by atoms with Gasteiger partial charge in [-0.3, -0.25) is 19.7 Å². The molecule has 0 spiro atoms. The van der Waals surface area contributed by atoms with Crippen LogP contribution in [-0.4, -0.2) is 42.3 Å². The van der Waals surface area contributed by atoms with Gasteiger partial charge in [0.2, 0.25) is 0 Å². The Balaban J connectivity index is 2.02. The summed E-state index contributed by atoms with van der Waals surface area (Å²) in [5, 5.41) is 13.5. The number of benzene rings is 2. The molecule has 0 atom stereocenters. The fraction of sp³-hybridized carbons (Fsp3) is 0.176. The van der Waals surface area contributed by atoms with Crippen LogP contribution in [0.15, 0.2) is 42.5 Å². The summed E-state index contributed by atoms with van der Waals surface area (Å²) < 4.78 is 5.34. The Morgan fingerprint density at radius 3 is 2.42 bits per heavy atom. The SMILES string of the molecule is CN(C)C(=O)COc1ccc(NC(=O)c2ccc(Cl)c([N+](=O)[O-])c2)cc1. The Morgan fingerprint density at radius 1 is 1.19 bits per heavy atom. The summed E-state index contributed by atoms with van der Waals surface area (Å²) in [4.78, 5) is 35.3. The van der Waals surface area contributed by atoms with Crippen molar-refractivity contribution in [2.75, 3.05) is 26.0 Å². The summed E-state index contributed by atoms with van der Waals surface area (Å²) in [7, 11) is 3.26. The maximum Gasteiger partial charge on any atom is 0.288 e. The summed E-state index contributed by atoms with van der Waals surface area (Å²) in [5.41, 5.74) is 0.241. The minimum absolute atomic E-state index is 0.0414. The van der Waals surface area contributed by atoms with Crippen molar-refractivity contribution in [1.82, 2.24) is 4.90 Å². The van der Waals surface area contributed by atoms with Crippen molar-refractivity contribution in [3.8, 4) is 5.75 Å². The van der Waals surface area contributed by atoms with Gasteiger partial charge in [0, 0.05) is 31.4 Å². The van der Waals surface area contributed by atoms with E-state index in [4.69, 9.17) is 16.3 Å². The summed E-state index contributed by atoms with van der Waals surface area (Å²) in [6, 6.07) is 10.2. The Kier molecular flexibility index (Phi) is 6.13. The van der Waals surface area contributed by atoms with Crippen molar-refractivity contribution in [2.24, 2.45) is 0 Å². The lowest BCUT2D eigenvalue weighted by Gasteiger charge is -2.11. The molecule has 136 valence electrons. The van der Waals surface area contributed by atoms with Gasteiger partial charge in [-0.1, -0.05) is 11.6 Å². The number of carbonyl (C=O) groups is 2. The highest BCUT2D eigenvalue weighted by Gasteiger charge is 2.16. The molecule has 8 nitrogen and oxygen atoms in total. The number of amides is 2. The minimum Gasteiger partial charge on any atom is -0.484 e. The molecule has 0 aliphatic heterocycles. The van der Waals surface area contributed by atoms with E-state index in [0.717, 1.165) is 6.07 Å². The fourth-order valence-corrected chi connectivity index (χ4v) is 2.09. The van der Waals surface area contributed by atoms with Gasteiger partial charge in [0.05, 0.1) is 4.92 Å². The number of rotatable bonds is 6. The number of hydrogen-bond donors (Lipinski definition) is 1. The third-order valence-electron chi connectivity index (χ3n) is 3.38. The van der Waals surface area contributed by atoms with E-state index in [2.05, 4.69) is 5.32 Å². The minimum atomic E-state index is -0.653. The van der Waals surface area contributed by atoms with Crippen LogP contribution in [0, 0.1) is 10.1 Å². The van der Waals surface area contributed by atoms with Crippen LogP contribution in [-0.2, 0) is 4.79 Å². The summed E-state index contributed by atoms with van der Waals surface area (Å²) >= 11 is 5.73. The van der Waals surface area contributed by atoms with Gasteiger partial charge in [0.15, 0.2) is 6.61 Å². The Hall–Kier alpha value is -3.13. The van der Waals surface area contributed by atoms with Gasteiger partial charge in [-0.25, -0.2) is 0 Å². The quantitative estimate of drug-likeness (QED) is 0.616. The first-order valence-electron chi connectivity index (χ1n) is 7.46. The number of nitro benzene ring substituents is 1. The molecule has 1 N–H and O–H groups in total. The molecule has 0 radical (unpaired) electrons. The second-order valence-corrected chi connectivity index (χ2v) is 5.89. The predicted octanol–water partition coefficient (Wildman–Crippen LogP) is 2.97. The molecule has 0 aliphatic carbocycles. The molecule has 2 aromatic carbocycles. The van der Waals surface area contributed by atoms with Crippen LogP contribution in [0.25, 0.3) is 0 Å². The monoisotopic (exact) mass is 377 g/mol. The molecule has 9 heteroatoms. The third-order valence-corrected chi connectivity index (χ3v) is 3.70. The molecule has 0 saturated heterocycles. The summed E-state index contributed by atoms with van der Waals surface area (Å²) in [6.45, 7) is -0.0901. The van der Waals surface area contributed by atoms with E-state index in [0.29, 0.717) is 11.4 Å². The Morgan fingerprint density at radius 2 is 1.85 bits per heavy atom. The van der Waals surface area contributed by atoms with Crippen LogP contribution in [0.1, 0.15) is 10.4 Å². The molecule has 2 rings (SSSR count). The van der Waals surface area contributed by atoms with E-state index in [1.807, 2.05) is 0 Å². The van der Waals surface area contributed by atoms with Crippen molar-refractivity contribution in [3.63, 3.8) is 0 Å². The van der Waals surface area contributed by atoms with Crippen LogP contribution in [0.5, 0.6) is 5.75 Å². The van der Waals surface area contributed by atoms with Crippen LogP contribution < -0.4 is 10.1 Å². The second-order valence-electron chi connectivity index (χ2n) is 5.48. The molecule has 26 heavy (non-hydrogen) atoms. The van der Waals surface area contributed by atoms with E-state index in [-0.39, 0.29) is 28.8 Å². The number of ether oxygens (including phenoxy) is 1. The molecular weight excluding hydrogens is 362 g/mol. The number of anilines is 1. The van der Waals surface area contributed by atoms with Crippen molar-refractivity contribution >= 4 is 34.8 Å². The number of nitrogens with one attached hydrogen (secondary N) is 1. The van der Waals surface area contributed by atoms with Gasteiger partial charge in [0.25, 0.3) is 17.5 Å². The van der Waals surface area contributed by atoms with Crippen molar-refractivity contribution in [2.45, 2.75) is 0 Å². The second kappa shape index (κ2) is 8.30. The van der Waals surface area contributed by atoms with E-state index in [1.54, 1.807) is 38.4 Å². The van der Waals surface area contributed by atoms with Gasteiger partial charge in [-0.2, -0.15) is 0 Å². The molecular formula is C17H16ClN3O5. The number of halogens is 1. The zero-order valence-electron chi connectivity index (χ0n) is 14.1. The van der Waals surface area contributed by atoms with Crippen LogP contribution >= 0.6 is 11.6 Å². The van der Waals surface area contributed by atoms with Gasteiger partial charge >= 0.3 is 0 Å². The number of likely N-dealkylation sites (N-methyl/N-ethyl adjacent to an activating group) is 1. The van der Waals surface area contributed by atoms with Gasteiger partial charge < -0.3 is 15.0 Å². The molecule has 2 aromatic rings. The maximum absolute atomic E-state index is 12.2. The predicted molar refractivity (Wildman–Crippen MR) is 96.7 cm³/mol. The number of nitrogens with zero attached hydrogens (tertiary/aromatic N) is 2. The van der Waals surface area contributed by atoms with Gasteiger partial charge in [0.1, 0.15) is 10.8 Å². The number of hydrogen-bond acceptors (Lipinski definition) is 5. The molecule has 0 aliphatic rings. The Bertz CT molecular complexity index is 837. The molecule has 0 bridgehead atoms. The first-order valence-corrected chi connectivity index (χ1v) is 7.84. The van der Waals surface area contributed by atoms with Crippen molar-refractivity contribution < 1.29 is 19.2 Å². The van der Waals surface area contributed by atoms with Gasteiger partial charge in [-0.05, 0) is 36.4 Å². The zero-order chi connectivity index (χ0) is 19.3. The molecule has 0 saturated carbocycles. The molecule has 0 aromatic heterocycles. The molecule has 2 amide bonds. The van der Waals surface area contributed by atoms with Crippen LogP contribution in [0.2, 0.25) is 5.02 Å². The van der Waals surface area contributed by atoms with E-state index in [1.165, 1.54) is 17.0 Å². The average molecular weight is 378 g/mol. The molecule has 0 fully saturated rings. The maximum atomic E-state index is 12.2. The highest BCUT2D eigenvalue weighted by atomic mass is 35.5. The largest absolute Gasteiger partial charge is 0.484 e. The lowest BCUT2D eigenvalue weighted by molar-refractivity contribution is -0.384. The standard InChI is InChI=1S/C17H16ClN3O5/c1-20(2)16(22)10-26-13-6-4-12(5-7-13)19-17(23)11-3-8-14(18)15(9-11)21(24)25/h3-9H,10H2,1-2H3,(H,19,23). The smallest absolute Gasteiger partial charge is 0.288 e. The lowest BCUT2D eigenvalue weighted by atomic mass is 10.2. The summed E-state index contributed by atoms with van der Waals surface area (Å²) in [6.07, 6.45) is 0. The van der Waals surface area contributed by atoms with Crippen LogP contribution in [0.4, 0.5) is 11.4 Å². The number of nitro groups is 1. The van der Waals surface area contributed by atoms with Crippen molar-refractivity contribution in [3.05, 3.63) is 63.2 Å². The van der Waals surface area contributed by atoms with E-state index in [9.17, 15) is 19.7 Å². The van der Waals surface area contributed by atoms with E-state index >= 15 is 0 Å². The molecule has 0 heterocycles. The van der Waals surface area contributed by atoms with Crippen LogP contribution in [0.3, 0.4) is 0 Å². The van der Waals surface area contributed by atoms with Crippen molar-refractivity contribution in [1.29, 1.82) is 0 Å². The highest BCUT2D eigenvalue weighted by molar-refractivity contribution is 6.32. The molecule has 0 unspecified atom stereocenters. The normalized spacial score (nSPS) is 10.1. The first kappa shape index (κ1) is 19.2. The zero-order valence-corrected chi connectivity index (χ0v) is 14.8.